The Balaban J connectivity index is 2.45. The van der Waals surface area contributed by atoms with Gasteiger partial charge in [0.15, 0.2) is 5.13 Å². The number of nitrogens with zero attached hydrogens (tertiary/aromatic N) is 1. The van der Waals surface area contributed by atoms with Crippen molar-refractivity contribution < 1.29 is 4.74 Å². The second-order valence-corrected chi connectivity index (χ2v) is 5.12. The molecule has 1 heterocycles. The minimum Gasteiger partial charge on any atom is -0.494 e. The van der Waals surface area contributed by atoms with E-state index in [2.05, 4.69) is 33.2 Å². The Bertz CT molecular complexity index is 498. The van der Waals surface area contributed by atoms with Crippen LogP contribution in [-0.2, 0) is 0 Å². The summed E-state index contributed by atoms with van der Waals surface area (Å²) < 4.78 is 7.61. The maximum atomic E-state index is 5.49. The molecule has 0 bridgehead atoms. The van der Waals surface area contributed by atoms with Crippen LogP contribution in [-0.4, -0.2) is 18.1 Å². The summed E-state index contributed by atoms with van der Waals surface area (Å²) in [6.45, 7) is 5.61. The fraction of sp³-hybridized carbons (Fsp3) is 0.364. The van der Waals surface area contributed by atoms with Crippen LogP contribution < -0.4 is 10.1 Å². The molecular formula is C11H13BrN2OS. The third-order valence-corrected chi connectivity index (χ3v) is 3.63. The monoisotopic (exact) mass is 300 g/mol. The highest BCUT2D eigenvalue weighted by Crippen LogP contribution is 2.34. The maximum absolute atomic E-state index is 5.49. The van der Waals surface area contributed by atoms with Crippen LogP contribution in [0.1, 0.15) is 13.8 Å². The Hall–Kier alpha value is -0.810. The second-order valence-electron chi connectivity index (χ2n) is 3.23. The van der Waals surface area contributed by atoms with E-state index < -0.39 is 0 Å². The fourth-order valence-electron chi connectivity index (χ4n) is 1.44. The molecule has 0 saturated heterocycles. The molecule has 0 unspecified atom stereocenters. The number of fused-ring (bicyclic) bond motifs is 1. The zero-order valence-corrected chi connectivity index (χ0v) is 11.6. The molecular weight excluding hydrogens is 288 g/mol. The number of hydrogen-bond acceptors (Lipinski definition) is 4. The molecule has 0 fully saturated rings. The van der Waals surface area contributed by atoms with E-state index in [4.69, 9.17) is 4.74 Å². The zero-order chi connectivity index (χ0) is 11.5. The van der Waals surface area contributed by atoms with Crippen molar-refractivity contribution >= 4 is 42.6 Å². The van der Waals surface area contributed by atoms with Crippen molar-refractivity contribution in [1.82, 2.24) is 4.98 Å². The van der Waals surface area contributed by atoms with Gasteiger partial charge in [0.2, 0.25) is 0 Å². The van der Waals surface area contributed by atoms with Crippen molar-refractivity contribution in [2.75, 3.05) is 18.5 Å². The largest absolute Gasteiger partial charge is 0.494 e. The number of hydrogen-bond donors (Lipinski definition) is 1. The Kier molecular flexibility index (Phi) is 3.66. The maximum Gasteiger partial charge on any atom is 0.183 e. The van der Waals surface area contributed by atoms with Crippen LogP contribution in [0.3, 0.4) is 0 Å². The zero-order valence-electron chi connectivity index (χ0n) is 9.21. The first kappa shape index (κ1) is 11.7. The highest BCUT2D eigenvalue weighted by atomic mass is 79.9. The molecule has 3 nitrogen and oxygen atoms in total. The average molecular weight is 301 g/mol. The summed E-state index contributed by atoms with van der Waals surface area (Å²) in [4.78, 5) is 4.51. The van der Waals surface area contributed by atoms with Crippen LogP contribution in [0.25, 0.3) is 10.2 Å². The number of ether oxygens (including phenoxy) is 1. The van der Waals surface area contributed by atoms with E-state index in [0.717, 1.165) is 32.1 Å². The van der Waals surface area contributed by atoms with E-state index >= 15 is 0 Å². The molecule has 0 aliphatic carbocycles. The molecule has 0 amide bonds. The quantitative estimate of drug-likeness (QED) is 0.930. The molecule has 0 radical (unpaired) electrons. The van der Waals surface area contributed by atoms with E-state index in [-0.39, 0.29) is 0 Å². The summed E-state index contributed by atoms with van der Waals surface area (Å²) in [7, 11) is 0. The van der Waals surface area contributed by atoms with Crippen molar-refractivity contribution in [1.29, 1.82) is 0 Å². The van der Waals surface area contributed by atoms with Gasteiger partial charge in [-0.25, -0.2) is 4.98 Å². The van der Waals surface area contributed by atoms with E-state index in [9.17, 15) is 0 Å². The molecule has 2 aromatic rings. The molecule has 0 aliphatic rings. The Labute approximate surface area is 107 Å². The van der Waals surface area contributed by atoms with Crippen LogP contribution in [0, 0.1) is 0 Å². The van der Waals surface area contributed by atoms with Crippen molar-refractivity contribution in [3.05, 3.63) is 16.6 Å². The van der Waals surface area contributed by atoms with Gasteiger partial charge in [-0.3, -0.25) is 0 Å². The molecule has 2 rings (SSSR count). The number of nitrogens with one attached hydrogen (secondary N) is 1. The van der Waals surface area contributed by atoms with Gasteiger partial charge >= 0.3 is 0 Å². The average Bonchev–Trinajstić information content (AvgIpc) is 2.62. The number of benzene rings is 1. The van der Waals surface area contributed by atoms with Gasteiger partial charge in [-0.1, -0.05) is 11.3 Å². The normalized spacial score (nSPS) is 10.7. The summed E-state index contributed by atoms with van der Waals surface area (Å²) in [5.41, 5.74) is 0.990. The Morgan fingerprint density at radius 1 is 1.44 bits per heavy atom. The lowest BCUT2D eigenvalue weighted by Gasteiger charge is -2.02. The molecule has 16 heavy (non-hydrogen) atoms. The molecule has 5 heteroatoms. The number of aromatic nitrogens is 1. The highest BCUT2D eigenvalue weighted by molar-refractivity contribution is 9.10. The van der Waals surface area contributed by atoms with Crippen molar-refractivity contribution in [2.45, 2.75) is 13.8 Å². The Morgan fingerprint density at radius 3 is 2.94 bits per heavy atom. The lowest BCUT2D eigenvalue weighted by atomic mass is 10.3. The third-order valence-electron chi connectivity index (χ3n) is 2.06. The first-order chi connectivity index (χ1) is 7.74. The number of anilines is 1. The summed E-state index contributed by atoms with van der Waals surface area (Å²) >= 11 is 5.16. The topological polar surface area (TPSA) is 34.2 Å². The van der Waals surface area contributed by atoms with Crippen molar-refractivity contribution in [2.24, 2.45) is 0 Å². The molecule has 0 spiro atoms. The first-order valence-corrected chi connectivity index (χ1v) is 6.82. The molecule has 1 aromatic heterocycles. The van der Waals surface area contributed by atoms with E-state index in [1.54, 1.807) is 11.3 Å². The van der Waals surface area contributed by atoms with Gasteiger partial charge in [0, 0.05) is 11.0 Å². The minimum atomic E-state index is 0.677. The van der Waals surface area contributed by atoms with Gasteiger partial charge in [-0.05, 0) is 41.9 Å². The molecule has 0 saturated carbocycles. The predicted molar refractivity (Wildman–Crippen MR) is 72.7 cm³/mol. The number of rotatable bonds is 4. The van der Waals surface area contributed by atoms with Crippen molar-refractivity contribution in [3.63, 3.8) is 0 Å². The first-order valence-electron chi connectivity index (χ1n) is 5.21. The van der Waals surface area contributed by atoms with Crippen LogP contribution in [0.4, 0.5) is 5.13 Å². The van der Waals surface area contributed by atoms with E-state index in [1.165, 1.54) is 0 Å². The van der Waals surface area contributed by atoms with Gasteiger partial charge in [-0.2, -0.15) is 0 Å². The molecule has 0 atom stereocenters. The van der Waals surface area contributed by atoms with Gasteiger partial charge < -0.3 is 10.1 Å². The molecule has 0 aliphatic heterocycles. The van der Waals surface area contributed by atoms with E-state index in [0.29, 0.717) is 6.61 Å². The Morgan fingerprint density at radius 2 is 2.25 bits per heavy atom. The van der Waals surface area contributed by atoms with Gasteiger partial charge in [0.25, 0.3) is 0 Å². The fourth-order valence-corrected chi connectivity index (χ4v) is 3.09. The molecule has 1 aromatic carbocycles. The highest BCUT2D eigenvalue weighted by Gasteiger charge is 2.08. The standard InChI is InChI=1S/C11H13BrN2OS/c1-3-13-11-14-10-8(12)5-7(15-4-2)6-9(10)16-11/h5-6H,3-4H2,1-2H3,(H,13,14). The van der Waals surface area contributed by atoms with E-state index in [1.807, 2.05) is 19.1 Å². The lowest BCUT2D eigenvalue weighted by Crippen LogP contribution is -1.94. The van der Waals surface area contributed by atoms with Crippen LogP contribution in [0.5, 0.6) is 5.75 Å². The van der Waals surface area contributed by atoms with Crippen LogP contribution in [0.15, 0.2) is 16.6 Å². The number of halogens is 1. The predicted octanol–water partition coefficient (Wildman–Crippen LogP) is 3.89. The second kappa shape index (κ2) is 5.01. The smallest absolute Gasteiger partial charge is 0.183 e. The van der Waals surface area contributed by atoms with Gasteiger partial charge in [0.1, 0.15) is 5.75 Å². The van der Waals surface area contributed by atoms with Gasteiger partial charge in [0.05, 0.1) is 16.8 Å². The lowest BCUT2D eigenvalue weighted by molar-refractivity contribution is 0.340. The van der Waals surface area contributed by atoms with Crippen LogP contribution in [0.2, 0.25) is 0 Å². The summed E-state index contributed by atoms with van der Waals surface area (Å²) in [5, 5.41) is 4.17. The third kappa shape index (κ3) is 2.30. The molecule has 1 N–H and O–H groups in total. The summed E-state index contributed by atoms with van der Waals surface area (Å²) in [6, 6.07) is 3.99. The van der Waals surface area contributed by atoms with Gasteiger partial charge in [-0.15, -0.1) is 0 Å². The van der Waals surface area contributed by atoms with Crippen molar-refractivity contribution in [3.8, 4) is 5.75 Å². The minimum absolute atomic E-state index is 0.677. The summed E-state index contributed by atoms with van der Waals surface area (Å²) in [5.74, 6) is 0.883. The summed E-state index contributed by atoms with van der Waals surface area (Å²) in [6.07, 6.45) is 0. The molecule has 86 valence electrons. The van der Waals surface area contributed by atoms with Crippen LogP contribution >= 0.6 is 27.3 Å². The number of thiazole rings is 1. The SMILES string of the molecule is CCNc1nc2c(Br)cc(OCC)cc2s1.